The topological polar surface area (TPSA) is 98.1 Å². The molecule has 0 aliphatic carbocycles. The maximum absolute atomic E-state index is 12.6. The summed E-state index contributed by atoms with van der Waals surface area (Å²) in [6.07, 6.45) is 1.64. The maximum Gasteiger partial charge on any atom is 0.339 e. The van der Waals surface area contributed by atoms with Crippen LogP contribution in [-0.4, -0.2) is 31.5 Å². The van der Waals surface area contributed by atoms with Gasteiger partial charge >= 0.3 is 5.97 Å². The van der Waals surface area contributed by atoms with E-state index in [9.17, 15) is 19.8 Å². The van der Waals surface area contributed by atoms with Crippen molar-refractivity contribution in [2.45, 2.75) is 0 Å². The maximum atomic E-state index is 12.6. The van der Waals surface area contributed by atoms with Gasteiger partial charge in [0.25, 0.3) is 5.91 Å². The number of aromatic carboxylic acids is 1. The van der Waals surface area contributed by atoms with Crippen LogP contribution in [0.4, 0.5) is 5.69 Å². The fraction of sp³-hybridized carbons (Fsp3) is 0. The lowest BCUT2D eigenvalue weighted by Gasteiger charge is -2.15. The molecule has 1 saturated heterocycles. The second-order valence-corrected chi connectivity index (χ2v) is 6.79. The highest BCUT2D eigenvalue weighted by Crippen LogP contribution is 2.37. The molecule has 1 fully saturated rings. The average Bonchev–Trinajstić information content (AvgIpc) is 2.84. The van der Waals surface area contributed by atoms with Gasteiger partial charge in [0.05, 0.1) is 10.6 Å². The molecule has 0 unspecified atom stereocenters. The quantitative estimate of drug-likeness (QED) is 0.561. The Morgan fingerprint density at radius 3 is 2.44 bits per heavy atom. The van der Waals surface area contributed by atoms with Crippen LogP contribution in [0, 0.1) is 0 Å². The number of anilines is 1. The van der Waals surface area contributed by atoms with Gasteiger partial charge in [0.1, 0.15) is 17.1 Å². The number of thioether (sulfide) groups is 1. The predicted molar refractivity (Wildman–Crippen MR) is 98.8 cm³/mol. The van der Waals surface area contributed by atoms with Gasteiger partial charge in [-0.2, -0.15) is 0 Å². The highest BCUT2D eigenvalue weighted by Gasteiger charge is 2.33. The largest absolute Gasteiger partial charge is 0.508 e. The van der Waals surface area contributed by atoms with Crippen molar-refractivity contribution < 1.29 is 24.9 Å². The number of aromatic hydroxyl groups is 2. The first-order chi connectivity index (χ1) is 11.9. The van der Waals surface area contributed by atoms with Crippen LogP contribution in [0.15, 0.2) is 47.4 Å². The Labute approximate surface area is 152 Å². The molecule has 6 nitrogen and oxygen atoms in total. The number of hydrogen-bond donors (Lipinski definition) is 3. The Bertz CT molecular complexity index is 921. The van der Waals surface area contributed by atoms with E-state index < -0.39 is 5.97 Å². The molecule has 2 aromatic rings. The molecule has 1 amide bonds. The molecule has 126 valence electrons. The van der Waals surface area contributed by atoms with Crippen molar-refractivity contribution in [3.63, 3.8) is 0 Å². The molecular weight excluding hydrogens is 362 g/mol. The Kier molecular flexibility index (Phi) is 4.47. The second kappa shape index (κ2) is 6.58. The molecule has 0 atom stereocenters. The molecule has 3 N–H and O–H groups in total. The Balaban J connectivity index is 1.95. The molecular formula is C17H11NO5S2. The fourth-order valence-electron chi connectivity index (χ4n) is 2.25. The van der Waals surface area contributed by atoms with Crippen molar-refractivity contribution >= 4 is 51.9 Å². The van der Waals surface area contributed by atoms with Gasteiger partial charge in [0.2, 0.25) is 0 Å². The van der Waals surface area contributed by atoms with Gasteiger partial charge in [-0.3, -0.25) is 9.69 Å². The molecule has 0 bridgehead atoms. The number of benzene rings is 2. The van der Waals surface area contributed by atoms with E-state index in [2.05, 4.69) is 0 Å². The van der Waals surface area contributed by atoms with Crippen LogP contribution in [0.5, 0.6) is 11.5 Å². The number of thiocarbonyl (C=S) groups is 1. The smallest absolute Gasteiger partial charge is 0.339 e. The number of phenols is 2. The van der Waals surface area contributed by atoms with E-state index in [1.807, 2.05) is 0 Å². The van der Waals surface area contributed by atoms with E-state index >= 15 is 0 Å². The van der Waals surface area contributed by atoms with E-state index in [-0.39, 0.29) is 33.0 Å². The zero-order chi connectivity index (χ0) is 18.1. The minimum Gasteiger partial charge on any atom is -0.508 e. The summed E-state index contributed by atoms with van der Waals surface area (Å²) >= 11 is 6.32. The molecule has 2 aromatic carbocycles. The third-order valence-electron chi connectivity index (χ3n) is 3.45. The van der Waals surface area contributed by atoms with Gasteiger partial charge in [-0.1, -0.05) is 36.1 Å². The SMILES string of the molecule is O=C(O)c1cc(N2C(=O)C(=Cc3ccc(O)cc3)SC2=S)ccc1O. The number of carbonyl (C=O) groups excluding carboxylic acids is 1. The highest BCUT2D eigenvalue weighted by molar-refractivity contribution is 8.27. The van der Waals surface area contributed by atoms with Crippen LogP contribution in [0.2, 0.25) is 0 Å². The number of carbonyl (C=O) groups is 2. The van der Waals surface area contributed by atoms with Crippen molar-refractivity contribution in [3.05, 3.63) is 58.5 Å². The van der Waals surface area contributed by atoms with Gasteiger partial charge in [-0.05, 0) is 42.0 Å². The Morgan fingerprint density at radius 1 is 1.12 bits per heavy atom. The molecule has 0 aromatic heterocycles. The molecule has 3 rings (SSSR count). The van der Waals surface area contributed by atoms with Crippen molar-refractivity contribution in [3.8, 4) is 11.5 Å². The van der Waals surface area contributed by atoms with E-state index in [1.165, 1.54) is 35.2 Å². The number of rotatable bonds is 3. The van der Waals surface area contributed by atoms with Gasteiger partial charge in [0, 0.05) is 0 Å². The molecule has 1 heterocycles. The minimum atomic E-state index is -1.30. The average molecular weight is 373 g/mol. The minimum absolute atomic E-state index is 0.120. The number of nitrogens with zero attached hydrogens (tertiary/aromatic N) is 1. The van der Waals surface area contributed by atoms with Crippen LogP contribution in [0.1, 0.15) is 15.9 Å². The van der Waals surface area contributed by atoms with Gasteiger partial charge in [-0.25, -0.2) is 4.79 Å². The lowest BCUT2D eigenvalue weighted by atomic mass is 10.1. The van der Waals surface area contributed by atoms with E-state index in [4.69, 9.17) is 17.3 Å². The number of phenolic OH excluding ortho intramolecular Hbond substituents is 1. The molecule has 0 spiro atoms. The number of hydrogen-bond acceptors (Lipinski definition) is 6. The molecule has 0 radical (unpaired) electrons. The van der Waals surface area contributed by atoms with Crippen LogP contribution in [0.25, 0.3) is 6.08 Å². The zero-order valence-electron chi connectivity index (χ0n) is 12.5. The van der Waals surface area contributed by atoms with Crippen molar-refractivity contribution in [1.29, 1.82) is 0 Å². The van der Waals surface area contributed by atoms with Crippen LogP contribution < -0.4 is 4.90 Å². The zero-order valence-corrected chi connectivity index (χ0v) is 14.2. The van der Waals surface area contributed by atoms with E-state index in [0.717, 1.165) is 17.3 Å². The monoisotopic (exact) mass is 373 g/mol. The standard InChI is InChI=1S/C17H11NO5S2/c19-11-4-1-9(2-5-11)7-14-15(21)18(17(24)25-14)10-3-6-13(20)12(8-10)16(22)23/h1-8,19-20H,(H,22,23). The van der Waals surface area contributed by atoms with Crippen molar-refractivity contribution in [2.24, 2.45) is 0 Å². The lowest BCUT2D eigenvalue weighted by Crippen LogP contribution is -2.27. The van der Waals surface area contributed by atoms with Crippen LogP contribution in [0.3, 0.4) is 0 Å². The van der Waals surface area contributed by atoms with Crippen molar-refractivity contribution in [2.75, 3.05) is 4.90 Å². The summed E-state index contributed by atoms with van der Waals surface area (Å²) in [5.74, 6) is -1.95. The third kappa shape index (κ3) is 3.35. The van der Waals surface area contributed by atoms with Gasteiger partial charge in [-0.15, -0.1) is 0 Å². The first kappa shape index (κ1) is 17.0. The van der Waals surface area contributed by atoms with Crippen molar-refractivity contribution in [1.82, 2.24) is 0 Å². The van der Waals surface area contributed by atoms with Gasteiger partial charge in [0.15, 0.2) is 4.32 Å². The van der Waals surface area contributed by atoms with Crippen LogP contribution in [-0.2, 0) is 4.79 Å². The molecule has 1 aliphatic rings. The van der Waals surface area contributed by atoms with E-state index in [1.54, 1.807) is 18.2 Å². The summed E-state index contributed by atoms with van der Waals surface area (Å²) in [5, 5.41) is 28.0. The Hall–Kier alpha value is -2.84. The van der Waals surface area contributed by atoms with Gasteiger partial charge < -0.3 is 15.3 Å². The number of carboxylic acids is 1. The summed E-state index contributed by atoms with van der Waals surface area (Å²) in [5.41, 5.74) is 0.677. The highest BCUT2D eigenvalue weighted by atomic mass is 32.2. The first-order valence-corrected chi connectivity index (χ1v) is 8.22. The second-order valence-electron chi connectivity index (χ2n) is 5.12. The summed E-state index contributed by atoms with van der Waals surface area (Å²) in [7, 11) is 0. The summed E-state index contributed by atoms with van der Waals surface area (Å²) in [4.78, 5) is 25.4. The summed E-state index contributed by atoms with van der Waals surface area (Å²) in [6.45, 7) is 0. The van der Waals surface area contributed by atoms with E-state index in [0.29, 0.717) is 4.91 Å². The fourth-order valence-corrected chi connectivity index (χ4v) is 3.55. The van der Waals surface area contributed by atoms with Crippen LogP contribution >= 0.6 is 24.0 Å². The Morgan fingerprint density at radius 2 is 1.80 bits per heavy atom. The summed E-state index contributed by atoms with van der Waals surface area (Å²) in [6, 6.07) is 10.2. The lowest BCUT2D eigenvalue weighted by molar-refractivity contribution is -0.113. The molecule has 8 heteroatoms. The number of amides is 1. The first-order valence-electron chi connectivity index (χ1n) is 7.00. The third-order valence-corrected chi connectivity index (χ3v) is 4.76. The molecule has 25 heavy (non-hydrogen) atoms. The molecule has 0 saturated carbocycles. The predicted octanol–water partition coefficient (Wildman–Crippen LogP) is 3.20. The normalized spacial score (nSPS) is 15.8. The molecule has 1 aliphatic heterocycles. The number of carboxylic acid groups (broad SMARTS) is 1. The summed E-state index contributed by atoms with van der Waals surface area (Å²) < 4.78 is 0.261.